The van der Waals surface area contributed by atoms with Gasteiger partial charge in [0.2, 0.25) is 0 Å². The van der Waals surface area contributed by atoms with Crippen molar-refractivity contribution in [2.24, 2.45) is 0 Å². The average molecular weight is 286 g/mol. The zero-order valence-corrected chi connectivity index (χ0v) is 12.7. The highest BCUT2D eigenvalue weighted by Crippen LogP contribution is 2.19. The predicted octanol–water partition coefficient (Wildman–Crippen LogP) is 1.87. The number of likely N-dealkylation sites (tertiary alicyclic amines) is 1. The third-order valence-electron chi connectivity index (χ3n) is 4.26. The van der Waals surface area contributed by atoms with Gasteiger partial charge in [-0.05, 0) is 67.5 Å². The monoisotopic (exact) mass is 286 g/mol. The van der Waals surface area contributed by atoms with Gasteiger partial charge in [-0.1, -0.05) is 6.42 Å². The molecule has 1 saturated heterocycles. The van der Waals surface area contributed by atoms with Crippen LogP contribution in [0.5, 0.6) is 0 Å². The molecule has 21 heavy (non-hydrogen) atoms. The summed E-state index contributed by atoms with van der Waals surface area (Å²) in [5, 5.41) is 14.8. The highest BCUT2D eigenvalue weighted by molar-refractivity contribution is 5.53. The molecule has 0 saturated carbocycles. The Labute approximate surface area is 125 Å². The molecule has 2 aromatic rings. The molecule has 0 amide bonds. The van der Waals surface area contributed by atoms with E-state index in [4.69, 9.17) is 0 Å². The van der Waals surface area contributed by atoms with Crippen LogP contribution in [0.25, 0.3) is 5.69 Å². The van der Waals surface area contributed by atoms with Crippen molar-refractivity contribution in [1.29, 1.82) is 0 Å². The number of aromatic nitrogens is 4. The number of tetrazole rings is 1. The Hall–Kier alpha value is -1.95. The van der Waals surface area contributed by atoms with Crippen LogP contribution >= 0.6 is 0 Å². The molecule has 1 unspecified atom stereocenters. The molecule has 3 rings (SSSR count). The number of nitrogens with one attached hydrogen (secondary N) is 1. The highest BCUT2D eigenvalue weighted by Gasteiger charge is 2.18. The number of piperidine rings is 1. The number of rotatable bonds is 4. The van der Waals surface area contributed by atoms with E-state index < -0.39 is 0 Å². The maximum absolute atomic E-state index is 3.93. The fourth-order valence-electron chi connectivity index (χ4n) is 2.93. The molecule has 1 aliphatic rings. The fraction of sp³-hybridized carbons (Fsp3) is 0.533. The molecule has 2 heterocycles. The molecule has 0 aliphatic carbocycles. The summed E-state index contributed by atoms with van der Waals surface area (Å²) in [4.78, 5) is 2.46. The Morgan fingerprint density at radius 3 is 2.95 bits per heavy atom. The van der Waals surface area contributed by atoms with Gasteiger partial charge in [0, 0.05) is 18.3 Å². The molecule has 0 spiro atoms. The topological polar surface area (TPSA) is 58.9 Å². The van der Waals surface area contributed by atoms with E-state index in [0.717, 1.165) is 23.5 Å². The number of benzene rings is 1. The Balaban J connectivity index is 1.65. The van der Waals surface area contributed by atoms with E-state index in [-0.39, 0.29) is 0 Å². The van der Waals surface area contributed by atoms with Gasteiger partial charge < -0.3 is 10.2 Å². The lowest BCUT2D eigenvalue weighted by Crippen LogP contribution is -2.40. The quantitative estimate of drug-likeness (QED) is 0.930. The second kappa shape index (κ2) is 6.22. The smallest absolute Gasteiger partial charge is 0.143 e. The van der Waals surface area contributed by atoms with Crippen LogP contribution in [0, 0.1) is 6.92 Å². The molecule has 1 aromatic heterocycles. The molecule has 6 nitrogen and oxygen atoms in total. The van der Waals surface area contributed by atoms with Gasteiger partial charge in [0.15, 0.2) is 0 Å². The van der Waals surface area contributed by atoms with Gasteiger partial charge in [0.25, 0.3) is 0 Å². The molecule has 112 valence electrons. The Kier molecular flexibility index (Phi) is 4.15. The van der Waals surface area contributed by atoms with Crippen molar-refractivity contribution in [1.82, 2.24) is 25.1 Å². The van der Waals surface area contributed by atoms with Crippen LogP contribution in [-0.2, 0) is 0 Å². The van der Waals surface area contributed by atoms with E-state index in [0.29, 0.717) is 6.04 Å². The first-order valence-corrected chi connectivity index (χ1v) is 7.52. The van der Waals surface area contributed by atoms with E-state index >= 15 is 0 Å². The van der Waals surface area contributed by atoms with Crippen molar-refractivity contribution in [2.75, 3.05) is 25.5 Å². The summed E-state index contributed by atoms with van der Waals surface area (Å²) in [6.07, 6.45) is 5.57. The van der Waals surface area contributed by atoms with Gasteiger partial charge in [0.1, 0.15) is 6.33 Å². The average Bonchev–Trinajstić information content (AvgIpc) is 3.00. The number of anilines is 1. The minimum Gasteiger partial charge on any atom is -0.383 e. The van der Waals surface area contributed by atoms with Crippen molar-refractivity contribution >= 4 is 5.69 Å². The number of likely N-dealkylation sites (N-methyl/N-ethyl adjacent to an activating group) is 1. The van der Waals surface area contributed by atoms with Gasteiger partial charge in [-0.15, -0.1) is 5.10 Å². The first-order chi connectivity index (χ1) is 10.2. The van der Waals surface area contributed by atoms with Crippen molar-refractivity contribution in [3.8, 4) is 5.69 Å². The SMILES string of the molecule is Cc1cc(NCC2CCCCN2C)ccc1-n1cnnn1. The Bertz CT molecular complexity index is 580. The zero-order valence-electron chi connectivity index (χ0n) is 12.7. The van der Waals surface area contributed by atoms with E-state index in [1.54, 1.807) is 11.0 Å². The largest absolute Gasteiger partial charge is 0.383 e. The number of hydrogen-bond acceptors (Lipinski definition) is 5. The Morgan fingerprint density at radius 2 is 2.24 bits per heavy atom. The second-order valence-electron chi connectivity index (χ2n) is 5.77. The summed E-state index contributed by atoms with van der Waals surface area (Å²) in [7, 11) is 2.22. The summed E-state index contributed by atoms with van der Waals surface area (Å²) < 4.78 is 1.69. The van der Waals surface area contributed by atoms with Gasteiger partial charge in [0.05, 0.1) is 5.69 Å². The molecular formula is C15H22N6. The predicted molar refractivity (Wildman–Crippen MR) is 82.6 cm³/mol. The van der Waals surface area contributed by atoms with Crippen LogP contribution in [0.4, 0.5) is 5.69 Å². The van der Waals surface area contributed by atoms with Crippen molar-refractivity contribution in [2.45, 2.75) is 32.2 Å². The van der Waals surface area contributed by atoms with Crippen LogP contribution in [0.3, 0.4) is 0 Å². The van der Waals surface area contributed by atoms with Crippen LogP contribution in [0.2, 0.25) is 0 Å². The van der Waals surface area contributed by atoms with Crippen molar-refractivity contribution in [3.05, 3.63) is 30.1 Å². The Morgan fingerprint density at radius 1 is 1.33 bits per heavy atom. The minimum atomic E-state index is 0.637. The molecule has 0 bridgehead atoms. The van der Waals surface area contributed by atoms with Gasteiger partial charge in [-0.3, -0.25) is 0 Å². The van der Waals surface area contributed by atoms with Gasteiger partial charge in [-0.2, -0.15) is 0 Å². The molecule has 6 heteroatoms. The lowest BCUT2D eigenvalue weighted by Gasteiger charge is -2.32. The molecule has 1 N–H and O–H groups in total. The molecular weight excluding hydrogens is 264 g/mol. The first-order valence-electron chi connectivity index (χ1n) is 7.52. The van der Waals surface area contributed by atoms with Crippen molar-refractivity contribution in [3.63, 3.8) is 0 Å². The highest BCUT2D eigenvalue weighted by atomic mass is 15.5. The number of aryl methyl sites for hydroxylation is 1. The minimum absolute atomic E-state index is 0.637. The lowest BCUT2D eigenvalue weighted by atomic mass is 10.0. The number of hydrogen-bond donors (Lipinski definition) is 1. The van der Waals surface area contributed by atoms with E-state index in [9.17, 15) is 0 Å². The van der Waals surface area contributed by atoms with Crippen LogP contribution < -0.4 is 5.32 Å². The standard InChI is InChI=1S/C15H22N6/c1-12-9-13(6-7-15(12)21-11-17-18-19-21)16-10-14-5-3-4-8-20(14)2/h6-7,9,11,14,16H,3-5,8,10H2,1-2H3. The third kappa shape index (κ3) is 3.21. The number of nitrogens with zero attached hydrogens (tertiary/aromatic N) is 5. The second-order valence-corrected chi connectivity index (χ2v) is 5.77. The molecule has 1 fully saturated rings. The summed E-state index contributed by atoms with van der Waals surface area (Å²) in [6, 6.07) is 6.93. The van der Waals surface area contributed by atoms with E-state index in [1.807, 2.05) is 0 Å². The molecule has 1 atom stereocenters. The summed E-state index contributed by atoms with van der Waals surface area (Å²) >= 11 is 0. The maximum Gasteiger partial charge on any atom is 0.143 e. The first kappa shape index (κ1) is 14.0. The van der Waals surface area contributed by atoms with Gasteiger partial charge >= 0.3 is 0 Å². The van der Waals surface area contributed by atoms with Crippen LogP contribution in [0.1, 0.15) is 24.8 Å². The molecule has 0 radical (unpaired) electrons. The zero-order chi connectivity index (χ0) is 14.7. The normalized spacial score (nSPS) is 19.6. The maximum atomic E-state index is 3.93. The summed E-state index contributed by atoms with van der Waals surface area (Å²) in [5.41, 5.74) is 3.33. The summed E-state index contributed by atoms with van der Waals surface area (Å²) in [5.74, 6) is 0. The van der Waals surface area contributed by atoms with Crippen LogP contribution in [-0.4, -0.2) is 51.3 Å². The summed E-state index contributed by atoms with van der Waals surface area (Å²) in [6.45, 7) is 4.29. The lowest BCUT2D eigenvalue weighted by molar-refractivity contribution is 0.194. The molecule has 1 aliphatic heterocycles. The van der Waals surface area contributed by atoms with Crippen LogP contribution in [0.15, 0.2) is 24.5 Å². The fourth-order valence-corrected chi connectivity index (χ4v) is 2.93. The van der Waals surface area contributed by atoms with Crippen molar-refractivity contribution < 1.29 is 0 Å². The van der Waals surface area contributed by atoms with Gasteiger partial charge in [-0.25, -0.2) is 4.68 Å². The third-order valence-corrected chi connectivity index (χ3v) is 4.26. The van der Waals surface area contributed by atoms with E-state index in [2.05, 4.69) is 57.9 Å². The van der Waals surface area contributed by atoms with E-state index in [1.165, 1.54) is 25.8 Å². The molecule has 1 aromatic carbocycles.